The molecule has 3 N–H and O–H groups in total. The molecule has 182 valence electrons. The number of aryl methyl sites for hydroxylation is 1. The molecule has 0 amide bonds. The third-order valence-electron chi connectivity index (χ3n) is 6.18. The van der Waals surface area contributed by atoms with Crippen LogP contribution < -0.4 is 10.6 Å². The van der Waals surface area contributed by atoms with Crippen LogP contribution in [0.5, 0.6) is 0 Å². The Hall–Kier alpha value is -3.28. The van der Waals surface area contributed by atoms with Gasteiger partial charge in [-0.15, -0.1) is 5.10 Å². The summed E-state index contributed by atoms with van der Waals surface area (Å²) in [5.74, 6) is 0.394. The molecule has 0 unspecified atom stereocenters. The smallest absolute Gasteiger partial charge is 0.393 e. The van der Waals surface area contributed by atoms with Crippen LogP contribution in [0.2, 0.25) is 0 Å². The summed E-state index contributed by atoms with van der Waals surface area (Å²) in [4.78, 5) is 8.06. The molecule has 3 aromatic rings. The molecule has 0 saturated heterocycles. The second-order valence-corrected chi connectivity index (χ2v) is 9.20. The van der Waals surface area contributed by atoms with Crippen molar-refractivity contribution in [3.8, 4) is 5.69 Å². The zero-order valence-electron chi connectivity index (χ0n) is 19.1. The van der Waals surface area contributed by atoms with Gasteiger partial charge in [0.1, 0.15) is 11.4 Å². The van der Waals surface area contributed by atoms with E-state index in [9.17, 15) is 18.3 Å². The molecule has 12 heteroatoms. The van der Waals surface area contributed by atoms with Gasteiger partial charge in [0, 0.05) is 18.8 Å². The maximum atomic E-state index is 13.6. The molecule has 0 bridgehead atoms. The highest BCUT2D eigenvalue weighted by molar-refractivity contribution is 5.50. The Bertz CT molecular complexity index is 1150. The summed E-state index contributed by atoms with van der Waals surface area (Å²) in [5.41, 5.74) is 0.233. The Morgan fingerprint density at radius 2 is 1.97 bits per heavy atom. The molecule has 1 fully saturated rings. The molecule has 9 nitrogen and oxygen atoms in total. The number of alkyl halides is 3. The lowest BCUT2D eigenvalue weighted by Crippen LogP contribution is -2.41. The fraction of sp³-hybridized carbons (Fsp3) is 0.500. The molecule has 2 aromatic heterocycles. The third-order valence-corrected chi connectivity index (χ3v) is 6.18. The van der Waals surface area contributed by atoms with Crippen molar-refractivity contribution in [2.75, 3.05) is 10.6 Å². The first kappa shape index (κ1) is 23.9. The molecular weight excluding hydrogens is 449 g/mol. The number of anilines is 2. The summed E-state index contributed by atoms with van der Waals surface area (Å²) in [6.07, 6.45) is -2.72. The van der Waals surface area contributed by atoms with Gasteiger partial charge in [-0.2, -0.15) is 22.8 Å². The lowest BCUT2D eigenvalue weighted by atomic mass is 9.73. The van der Waals surface area contributed by atoms with Crippen LogP contribution in [0.15, 0.2) is 30.5 Å². The highest BCUT2D eigenvalue weighted by Gasteiger charge is 2.39. The molecule has 4 rings (SSSR count). The normalized spacial score (nSPS) is 20.2. The first-order chi connectivity index (χ1) is 16.0. The van der Waals surface area contributed by atoms with Crippen LogP contribution >= 0.6 is 0 Å². The Morgan fingerprint density at radius 1 is 1.21 bits per heavy atom. The first-order valence-corrected chi connectivity index (χ1v) is 11.0. The summed E-state index contributed by atoms with van der Waals surface area (Å²) in [6, 6.07) is 7.16. The van der Waals surface area contributed by atoms with Crippen LogP contribution in [0.3, 0.4) is 0 Å². The molecule has 1 aromatic carbocycles. The van der Waals surface area contributed by atoms with E-state index in [1.54, 1.807) is 11.6 Å². The Kier molecular flexibility index (Phi) is 6.43. The predicted molar refractivity (Wildman–Crippen MR) is 119 cm³/mol. The number of nitrogens with one attached hydrogen (secondary N) is 2. The van der Waals surface area contributed by atoms with E-state index < -0.39 is 23.3 Å². The lowest BCUT2D eigenvalue weighted by molar-refractivity contribution is -0.137. The second kappa shape index (κ2) is 9.16. The van der Waals surface area contributed by atoms with Crippen molar-refractivity contribution in [1.29, 1.82) is 0 Å². The van der Waals surface area contributed by atoms with Gasteiger partial charge in [-0.3, -0.25) is 0 Å². The monoisotopic (exact) mass is 476 g/mol. The minimum absolute atomic E-state index is 0.0637. The molecule has 0 aliphatic heterocycles. The molecule has 0 spiro atoms. The number of halogens is 3. The van der Waals surface area contributed by atoms with E-state index in [-0.39, 0.29) is 24.4 Å². The van der Waals surface area contributed by atoms with Gasteiger partial charge in [-0.1, -0.05) is 32.0 Å². The first-order valence-electron chi connectivity index (χ1n) is 11.0. The number of hydrogen-bond acceptors (Lipinski definition) is 8. The second-order valence-electron chi connectivity index (χ2n) is 9.20. The molecule has 1 aliphatic rings. The summed E-state index contributed by atoms with van der Waals surface area (Å²) in [5, 5.41) is 27.7. The maximum Gasteiger partial charge on any atom is 0.421 e. The minimum atomic E-state index is -4.60. The molecule has 34 heavy (non-hydrogen) atoms. The van der Waals surface area contributed by atoms with Gasteiger partial charge in [0.05, 0.1) is 11.8 Å². The van der Waals surface area contributed by atoms with E-state index in [2.05, 4.69) is 36.1 Å². The van der Waals surface area contributed by atoms with E-state index in [1.807, 2.05) is 38.1 Å². The van der Waals surface area contributed by atoms with Crippen LogP contribution in [0.25, 0.3) is 5.69 Å². The molecular formula is C22H27F3N8O. The lowest BCUT2D eigenvalue weighted by Gasteiger charge is -2.40. The largest absolute Gasteiger partial charge is 0.421 e. The SMILES string of the molecule is Cc1nnnn1-c1ccccc1CNc1ncc(C(F)(F)F)c(N[C@H]2CC[C@@H](O)C(C)(C)C2)n1. The van der Waals surface area contributed by atoms with Crippen LogP contribution in [0.1, 0.15) is 50.1 Å². The zero-order valence-corrected chi connectivity index (χ0v) is 19.1. The fourth-order valence-electron chi connectivity index (χ4n) is 4.22. The summed E-state index contributed by atoms with van der Waals surface area (Å²) in [7, 11) is 0. The van der Waals surface area contributed by atoms with E-state index in [0.717, 1.165) is 17.4 Å². The van der Waals surface area contributed by atoms with Crippen molar-refractivity contribution in [3.05, 3.63) is 47.4 Å². The van der Waals surface area contributed by atoms with E-state index >= 15 is 0 Å². The van der Waals surface area contributed by atoms with E-state index in [0.29, 0.717) is 25.1 Å². The van der Waals surface area contributed by atoms with Gasteiger partial charge < -0.3 is 15.7 Å². The minimum Gasteiger partial charge on any atom is -0.393 e. The Morgan fingerprint density at radius 3 is 2.65 bits per heavy atom. The number of rotatable bonds is 6. The number of nitrogens with zero attached hydrogens (tertiary/aromatic N) is 6. The number of hydrogen-bond donors (Lipinski definition) is 3. The van der Waals surface area contributed by atoms with Crippen molar-refractivity contribution in [3.63, 3.8) is 0 Å². The van der Waals surface area contributed by atoms with Gasteiger partial charge in [0.2, 0.25) is 5.95 Å². The van der Waals surface area contributed by atoms with Gasteiger partial charge in [-0.25, -0.2) is 4.98 Å². The van der Waals surface area contributed by atoms with Gasteiger partial charge in [0.15, 0.2) is 5.82 Å². The maximum absolute atomic E-state index is 13.6. The average Bonchev–Trinajstić information content (AvgIpc) is 3.20. The topological polar surface area (TPSA) is 114 Å². The van der Waals surface area contributed by atoms with Crippen molar-refractivity contribution >= 4 is 11.8 Å². The highest BCUT2D eigenvalue weighted by atomic mass is 19.4. The quantitative estimate of drug-likeness (QED) is 0.493. The molecule has 0 radical (unpaired) electrons. The standard InChI is InChI=1S/C22H27F3N8O/c1-13-30-31-32-33(13)17-7-5-4-6-14(17)11-26-20-27-12-16(22(23,24)25)19(29-20)28-15-8-9-18(34)21(2,3)10-15/h4-7,12,15,18,34H,8-11H2,1-3H3,(H2,26,27,28,29)/t15-,18+/m0/s1. The molecule has 1 aliphatic carbocycles. The van der Waals surface area contributed by atoms with Crippen LogP contribution in [0.4, 0.5) is 24.9 Å². The number of aromatic nitrogens is 6. The number of aliphatic hydroxyl groups excluding tert-OH is 1. The number of aliphatic hydroxyl groups is 1. The van der Waals surface area contributed by atoms with Crippen molar-refractivity contribution in [1.82, 2.24) is 30.2 Å². The molecule has 2 heterocycles. The Balaban J connectivity index is 1.56. The van der Waals surface area contributed by atoms with Crippen LogP contribution in [-0.2, 0) is 12.7 Å². The summed E-state index contributed by atoms with van der Waals surface area (Å²) >= 11 is 0. The van der Waals surface area contributed by atoms with Crippen LogP contribution in [-0.4, -0.2) is 47.4 Å². The van der Waals surface area contributed by atoms with Crippen LogP contribution in [0, 0.1) is 12.3 Å². The van der Waals surface area contributed by atoms with Crippen molar-refractivity contribution in [2.45, 2.75) is 64.9 Å². The van der Waals surface area contributed by atoms with Gasteiger partial charge in [0.25, 0.3) is 0 Å². The number of tetrazole rings is 1. The van der Waals surface area contributed by atoms with Crippen molar-refractivity contribution < 1.29 is 18.3 Å². The summed E-state index contributed by atoms with van der Waals surface area (Å²) < 4.78 is 42.5. The number of para-hydroxylation sites is 1. The van der Waals surface area contributed by atoms with E-state index in [1.165, 1.54) is 0 Å². The van der Waals surface area contributed by atoms with E-state index in [4.69, 9.17) is 0 Å². The zero-order chi connectivity index (χ0) is 24.5. The molecule has 1 saturated carbocycles. The third kappa shape index (κ3) is 5.11. The van der Waals surface area contributed by atoms with Gasteiger partial charge >= 0.3 is 6.18 Å². The van der Waals surface area contributed by atoms with Gasteiger partial charge in [-0.05, 0) is 53.7 Å². The Labute approximate surface area is 194 Å². The average molecular weight is 477 g/mol. The summed E-state index contributed by atoms with van der Waals surface area (Å²) in [6.45, 7) is 5.84. The molecule has 2 atom stereocenters. The van der Waals surface area contributed by atoms with Crippen molar-refractivity contribution in [2.24, 2.45) is 5.41 Å². The fourth-order valence-corrected chi connectivity index (χ4v) is 4.22. The number of benzene rings is 1. The predicted octanol–water partition coefficient (Wildman–Crippen LogP) is 3.74. The highest BCUT2D eigenvalue weighted by Crippen LogP contribution is 2.39.